The number of benzene rings is 1. The molecule has 1 heterocycles. The van der Waals surface area contributed by atoms with E-state index in [4.69, 9.17) is 0 Å². The maximum absolute atomic E-state index is 4.37. The Bertz CT molecular complexity index is 445. The SMILES string of the molecule is CC(C)C(C)c1ncnn1-c1ccccc1. The molecule has 0 bridgehead atoms. The van der Waals surface area contributed by atoms with Crippen molar-refractivity contribution in [3.05, 3.63) is 42.5 Å². The van der Waals surface area contributed by atoms with Crippen LogP contribution in [0.15, 0.2) is 36.7 Å². The van der Waals surface area contributed by atoms with Crippen LogP contribution in [0.5, 0.6) is 0 Å². The van der Waals surface area contributed by atoms with E-state index in [2.05, 4.69) is 30.9 Å². The normalized spacial score (nSPS) is 13.0. The molecule has 1 aromatic heterocycles. The zero-order valence-corrected chi connectivity index (χ0v) is 9.96. The summed E-state index contributed by atoms with van der Waals surface area (Å²) < 4.78 is 1.92. The molecule has 0 amide bonds. The fourth-order valence-electron chi connectivity index (χ4n) is 1.63. The predicted molar refractivity (Wildman–Crippen MR) is 64.6 cm³/mol. The van der Waals surface area contributed by atoms with E-state index in [1.807, 2.05) is 35.0 Å². The molecular formula is C13H17N3. The van der Waals surface area contributed by atoms with Crippen LogP contribution in [0.2, 0.25) is 0 Å². The molecule has 0 spiro atoms. The van der Waals surface area contributed by atoms with Gasteiger partial charge in [0.1, 0.15) is 12.2 Å². The molecule has 0 saturated carbocycles. The van der Waals surface area contributed by atoms with Crippen LogP contribution in [0, 0.1) is 5.92 Å². The van der Waals surface area contributed by atoms with E-state index >= 15 is 0 Å². The molecule has 2 rings (SSSR count). The summed E-state index contributed by atoms with van der Waals surface area (Å²) in [5, 5.41) is 4.30. The molecule has 0 aliphatic rings. The molecule has 3 nitrogen and oxygen atoms in total. The topological polar surface area (TPSA) is 30.7 Å². The van der Waals surface area contributed by atoms with Gasteiger partial charge in [0.2, 0.25) is 0 Å². The van der Waals surface area contributed by atoms with Crippen LogP contribution in [0.4, 0.5) is 0 Å². The highest BCUT2D eigenvalue weighted by atomic mass is 15.3. The molecule has 2 aromatic rings. The van der Waals surface area contributed by atoms with Crippen molar-refractivity contribution in [3.63, 3.8) is 0 Å². The van der Waals surface area contributed by atoms with Crippen LogP contribution >= 0.6 is 0 Å². The van der Waals surface area contributed by atoms with Crippen molar-refractivity contribution in [2.24, 2.45) is 5.92 Å². The molecule has 0 aliphatic carbocycles. The van der Waals surface area contributed by atoms with Crippen molar-refractivity contribution in [1.82, 2.24) is 14.8 Å². The van der Waals surface area contributed by atoms with Crippen LogP contribution in [0.1, 0.15) is 32.5 Å². The van der Waals surface area contributed by atoms with Gasteiger partial charge >= 0.3 is 0 Å². The van der Waals surface area contributed by atoms with Crippen LogP contribution in [-0.4, -0.2) is 14.8 Å². The molecular weight excluding hydrogens is 198 g/mol. The second-order valence-electron chi connectivity index (χ2n) is 4.40. The fraction of sp³-hybridized carbons (Fsp3) is 0.385. The zero-order valence-electron chi connectivity index (χ0n) is 9.96. The van der Waals surface area contributed by atoms with Gasteiger partial charge in [0.05, 0.1) is 5.69 Å². The maximum atomic E-state index is 4.37. The molecule has 1 atom stereocenters. The third-order valence-corrected chi connectivity index (χ3v) is 2.98. The van der Waals surface area contributed by atoms with Crippen LogP contribution < -0.4 is 0 Å². The lowest BCUT2D eigenvalue weighted by atomic mass is 9.97. The summed E-state index contributed by atoms with van der Waals surface area (Å²) in [5.74, 6) is 2.00. The van der Waals surface area contributed by atoms with E-state index in [9.17, 15) is 0 Å². The molecule has 0 N–H and O–H groups in total. The summed E-state index contributed by atoms with van der Waals surface area (Å²) >= 11 is 0. The Morgan fingerprint density at radius 2 is 1.75 bits per heavy atom. The lowest BCUT2D eigenvalue weighted by molar-refractivity contribution is 0.499. The average Bonchev–Trinajstić information content (AvgIpc) is 2.77. The standard InChI is InChI=1S/C13H17N3/c1-10(2)11(3)13-14-9-15-16(13)12-7-5-4-6-8-12/h4-11H,1-3H3. The molecule has 1 unspecified atom stereocenters. The summed E-state index contributed by atoms with van der Waals surface area (Å²) in [6, 6.07) is 10.1. The number of hydrogen-bond donors (Lipinski definition) is 0. The Kier molecular flexibility index (Phi) is 3.04. The lowest BCUT2D eigenvalue weighted by Gasteiger charge is -2.15. The minimum atomic E-state index is 0.405. The first-order valence-electron chi connectivity index (χ1n) is 5.65. The van der Waals surface area contributed by atoms with E-state index < -0.39 is 0 Å². The van der Waals surface area contributed by atoms with Gasteiger partial charge in [-0.25, -0.2) is 9.67 Å². The molecule has 1 aromatic carbocycles. The van der Waals surface area contributed by atoms with E-state index in [1.165, 1.54) is 0 Å². The first-order valence-corrected chi connectivity index (χ1v) is 5.65. The van der Waals surface area contributed by atoms with E-state index in [0.717, 1.165) is 11.5 Å². The Labute approximate surface area is 96.1 Å². The average molecular weight is 215 g/mol. The molecule has 3 heteroatoms. The Morgan fingerprint density at radius 1 is 1.06 bits per heavy atom. The minimum Gasteiger partial charge on any atom is -0.219 e. The molecule has 16 heavy (non-hydrogen) atoms. The third kappa shape index (κ3) is 1.98. The number of hydrogen-bond acceptors (Lipinski definition) is 2. The molecule has 84 valence electrons. The van der Waals surface area contributed by atoms with Crippen molar-refractivity contribution < 1.29 is 0 Å². The second-order valence-corrected chi connectivity index (χ2v) is 4.40. The predicted octanol–water partition coefficient (Wildman–Crippen LogP) is 3.03. The van der Waals surface area contributed by atoms with Gasteiger partial charge in [-0.1, -0.05) is 39.0 Å². The van der Waals surface area contributed by atoms with E-state index in [1.54, 1.807) is 6.33 Å². The van der Waals surface area contributed by atoms with Gasteiger partial charge in [-0.2, -0.15) is 5.10 Å². The summed E-state index contributed by atoms with van der Waals surface area (Å²) in [4.78, 5) is 4.37. The van der Waals surface area contributed by atoms with Gasteiger partial charge in [0.15, 0.2) is 0 Å². The summed E-state index contributed by atoms with van der Waals surface area (Å²) in [5.41, 5.74) is 1.07. The first-order chi connectivity index (χ1) is 7.70. The van der Waals surface area contributed by atoms with Crippen molar-refractivity contribution in [2.75, 3.05) is 0 Å². The fourth-order valence-corrected chi connectivity index (χ4v) is 1.63. The van der Waals surface area contributed by atoms with Crippen molar-refractivity contribution in [1.29, 1.82) is 0 Å². The highest BCUT2D eigenvalue weighted by Crippen LogP contribution is 2.23. The van der Waals surface area contributed by atoms with Crippen molar-refractivity contribution >= 4 is 0 Å². The van der Waals surface area contributed by atoms with Gasteiger partial charge in [-0.05, 0) is 18.1 Å². The van der Waals surface area contributed by atoms with Crippen LogP contribution in [0.3, 0.4) is 0 Å². The van der Waals surface area contributed by atoms with Crippen molar-refractivity contribution in [2.45, 2.75) is 26.7 Å². The quantitative estimate of drug-likeness (QED) is 0.788. The Hall–Kier alpha value is -1.64. The summed E-state index contributed by atoms with van der Waals surface area (Å²) in [6.07, 6.45) is 1.63. The largest absolute Gasteiger partial charge is 0.219 e. The molecule has 0 aliphatic heterocycles. The lowest BCUT2D eigenvalue weighted by Crippen LogP contribution is -2.10. The van der Waals surface area contributed by atoms with Gasteiger partial charge in [-0.3, -0.25) is 0 Å². The monoisotopic (exact) mass is 215 g/mol. The summed E-state index contributed by atoms with van der Waals surface area (Å²) in [7, 11) is 0. The minimum absolute atomic E-state index is 0.405. The molecule has 0 radical (unpaired) electrons. The zero-order chi connectivity index (χ0) is 11.5. The third-order valence-electron chi connectivity index (χ3n) is 2.98. The van der Waals surface area contributed by atoms with Crippen LogP contribution in [-0.2, 0) is 0 Å². The van der Waals surface area contributed by atoms with Gasteiger partial charge in [0.25, 0.3) is 0 Å². The molecule has 0 fully saturated rings. The number of rotatable bonds is 3. The maximum Gasteiger partial charge on any atom is 0.138 e. The van der Waals surface area contributed by atoms with Gasteiger partial charge in [-0.15, -0.1) is 0 Å². The van der Waals surface area contributed by atoms with Crippen molar-refractivity contribution in [3.8, 4) is 5.69 Å². The van der Waals surface area contributed by atoms with Gasteiger partial charge in [0, 0.05) is 5.92 Å². The summed E-state index contributed by atoms with van der Waals surface area (Å²) in [6.45, 7) is 6.59. The smallest absolute Gasteiger partial charge is 0.138 e. The van der Waals surface area contributed by atoms with E-state index in [0.29, 0.717) is 11.8 Å². The first kappa shape index (κ1) is 10.9. The Morgan fingerprint density at radius 3 is 2.38 bits per heavy atom. The second kappa shape index (κ2) is 4.47. The van der Waals surface area contributed by atoms with Crippen LogP contribution in [0.25, 0.3) is 5.69 Å². The van der Waals surface area contributed by atoms with Gasteiger partial charge < -0.3 is 0 Å². The Balaban J connectivity index is 2.40. The van der Waals surface area contributed by atoms with E-state index in [-0.39, 0.29) is 0 Å². The number of para-hydroxylation sites is 1. The number of nitrogens with zero attached hydrogens (tertiary/aromatic N) is 3. The number of aromatic nitrogens is 3. The molecule has 0 saturated heterocycles. The highest BCUT2D eigenvalue weighted by molar-refractivity contribution is 5.31. The highest BCUT2D eigenvalue weighted by Gasteiger charge is 2.17.